The van der Waals surface area contributed by atoms with E-state index in [0.717, 1.165) is 5.56 Å². The predicted molar refractivity (Wildman–Crippen MR) is 121 cm³/mol. The smallest absolute Gasteiger partial charge is 0.272 e. The van der Waals surface area contributed by atoms with Gasteiger partial charge in [-0.15, -0.1) is 29.3 Å². The third-order valence-corrected chi connectivity index (χ3v) is 6.69. The highest BCUT2D eigenvalue weighted by atomic mass is 32.2. The van der Waals surface area contributed by atoms with Crippen molar-refractivity contribution in [2.45, 2.75) is 11.7 Å². The molecule has 10 heteroatoms. The van der Waals surface area contributed by atoms with Crippen molar-refractivity contribution in [3.05, 3.63) is 69.9 Å². The monoisotopic (exact) mass is 458 g/mol. The minimum absolute atomic E-state index is 0.0741. The number of thiophene rings is 1. The number of amides is 1. The van der Waals surface area contributed by atoms with Crippen LogP contribution in [0, 0.1) is 5.82 Å². The van der Waals surface area contributed by atoms with E-state index in [0.29, 0.717) is 32.7 Å². The molecule has 1 amide bonds. The molecule has 0 unspecified atom stereocenters. The van der Waals surface area contributed by atoms with Crippen molar-refractivity contribution in [1.29, 1.82) is 0 Å². The van der Waals surface area contributed by atoms with Gasteiger partial charge < -0.3 is 5.32 Å². The summed E-state index contributed by atoms with van der Waals surface area (Å²) >= 11 is 3.81. The van der Waals surface area contributed by atoms with E-state index in [2.05, 4.69) is 21.9 Å². The number of hydrogen-bond donors (Lipinski definition) is 1. The number of aromatic nitrogens is 3. The molecule has 1 aromatic carbocycles. The normalized spacial score (nSPS) is 11.0. The first-order valence-electron chi connectivity index (χ1n) is 8.78. The highest BCUT2D eigenvalue weighted by Gasteiger charge is 2.14. The summed E-state index contributed by atoms with van der Waals surface area (Å²) in [5.74, 6) is -0.501. The van der Waals surface area contributed by atoms with Gasteiger partial charge in [0.05, 0.1) is 17.0 Å². The van der Waals surface area contributed by atoms with E-state index in [1.807, 2.05) is 5.38 Å². The molecule has 6 nitrogen and oxygen atoms in total. The van der Waals surface area contributed by atoms with Gasteiger partial charge in [0.15, 0.2) is 10.3 Å². The topological polar surface area (TPSA) is 76.9 Å². The van der Waals surface area contributed by atoms with Crippen molar-refractivity contribution in [2.75, 3.05) is 11.1 Å². The summed E-state index contributed by atoms with van der Waals surface area (Å²) < 4.78 is 15.2. The molecule has 0 aliphatic rings. The second kappa shape index (κ2) is 8.90. The van der Waals surface area contributed by atoms with Crippen LogP contribution in [0.1, 0.15) is 0 Å². The molecule has 3 heterocycles. The first kappa shape index (κ1) is 20.5. The van der Waals surface area contributed by atoms with E-state index >= 15 is 0 Å². The molecule has 0 spiro atoms. The minimum atomic E-state index is -0.316. The van der Waals surface area contributed by atoms with E-state index in [1.54, 1.807) is 29.7 Å². The fourth-order valence-corrected chi connectivity index (χ4v) is 5.02. The van der Waals surface area contributed by atoms with Gasteiger partial charge in [0.25, 0.3) is 5.56 Å². The summed E-state index contributed by atoms with van der Waals surface area (Å²) in [4.78, 5) is 33.9. The fraction of sp³-hybridized carbons (Fsp3) is 0.100. The molecule has 0 saturated heterocycles. The molecule has 0 radical (unpaired) electrons. The molecule has 0 saturated carbocycles. The highest BCUT2D eigenvalue weighted by molar-refractivity contribution is 7.99. The predicted octanol–water partition coefficient (Wildman–Crippen LogP) is 4.64. The average Bonchev–Trinajstić information content (AvgIpc) is 3.39. The second-order valence-corrected chi connectivity index (χ2v) is 8.83. The molecule has 0 aliphatic carbocycles. The van der Waals surface area contributed by atoms with Crippen LogP contribution in [-0.4, -0.2) is 26.2 Å². The number of benzene rings is 1. The molecular weight excluding hydrogens is 443 g/mol. The maximum absolute atomic E-state index is 13.1. The number of fused-ring (bicyclic) bond motifs is 1. The van der Waals surface area contributed by atoms with Crippen LogP contribution in [0.3, 0.4) is 0 Å². The molecule has 0 bridgehead atoms. The summed E-state index contributed by atoms with van der Waals surface area (Å²) in [6, 6.07) is 7.79. The van der Waals surface area contributed by atoms with E-state index in [4.69, 9.17) is 0 Å². The van der Waals surface area contributed by atoms with Crippen LogP contribution < -0.4 is 10.9 Å². The van der Waals surface area contributed by atoms with Crippen LogP contribution in [0.5, 0.6) is 0 Å². The fourth-order valence-electron chi connectivity index (χ4n) is 2.69. The van der Waals surface area contributed by atoms with Crippen LogP contribution in [0.4, 0.5) is 9.52 Å². The SMILES string of the molecule is C=CCn1c(SCC(=O)Nc2nc(-c3ccc(F)cc3)cs2)nc2ccsc2c1=O. The number of carbonyl (C=O) groups excluding carboxylic acids is 1. The lowest BCUT2D eigenvalue weighted by Crippen LogP contribution is -2.23. The average molecular weight is 459 g/mol. The van der Waals surface area contributed by atoms with Gasteiger partial charge in [-0.1, -0.05) is 17.8 Å². The molecule has 0 fully saturated rings. The maximum atomic E-state index is 13.1. The number of thiazole rings is 1. The van der Waals surface area contributed by atoms with Gasteiger partial charge in [-0.2, -0.15) is 0 Å². The quantitative estimate of drug-likeness (QED) is 0.248. The summed E-state index contributed by atoms with van der Waals surface area (Å²) in [5, 5.41) is 7.28. The van der Waals surface area contributed by atoms with Crippen LogP contribution in [0.25, 0.3) is 21.5 Å². The number of allylic oxidation sites excluding steroid dienone is 1. The van der Waals surface area contributed by atoms with Crippen molar-refractivity contribution in [1.82, 2.24) is 14.5 Å². The summed E-state index contributed by atoms with van der Waals surface area (Å²) in [7, 11) is 0. The van der Waals surface area contributed by atoms with E-state index in [9.17, 15) is 14.0 Å². The summed E-state index contributed by atoms with van der Waals surface area (Å²) in [6.45, 7) is 4.01. The Morgan fingerprint density at radius 2 is 2.03 bits per heavy atom. The van der Waals surface area contributed by atoms with Crippen molar-refractivity contribution >= 4 is 55.7 Å². The van der Waals surface area contributed by atoms with Crippen molar-refractivity contribution in [2.24, 2.45) is 0 Å². The van der Waals surface area contributed by atoms with E-state index < -0.39 is 0 Å². The first-order valence-corrected chi connectivity index (χ1v) is 11.5. The highest BCUT2D eigenvalue weighted by Crippen LogP contribution is 2.26. The molecular formula is C20H15FN4O2S3. The standard InChI is InChI=1S/C20H15FN4O2S3/c1-2-8-25-18(27)17-14(7-9-28-17)23-20(25)30-11-16(26)24-19-22-15(10-29-19)12-3-5-13(21)6-4-12/h2-7,9-10H,1,8,11H2,(H,22,24,26). The van der Waals surface area contributed by atoms with Crippen LogP contribution in [-0.2, 0) is 11.3 Å². The second-order valence-electron chi connectivity index (χ2n) is 6.12. The van der Waals surface area contributed by atoms with Crippen LogP contribution in [0.15, 0.2) is 63.7 Å². The Kier molecular flexibility index (Phi) is 6.07. The zero-order valence-electron chi connectivity index (χ0n) is 15.5. The maximum Gasteiger partial charge on any atom is 0.272 e. The van der Waals surface area contributed by atoms with Gasteiger partial charge in [0.1, 0.15) is 10.5 Å². The Balaban J connectivity index is 1.45. The summed E-state index contributed by atoms with van der Waals surface area (Å²) in [5.41, 5.74) is 1.91. The molecule has 4 aromatic rings. The number of nitrogens with one attached hydrogen (secondary N) is 1. The largest absolute Gasteiger partial charge is 0.301 e. The minimum Gasteiger partial charge on any atom is -0.301 e. The van der Waals surface area contributed by atoms with Gasteiger partial charge in [-0.25, -0.2) is 14.4 Å². The lowest BCUT2D eigenvalue weighted by atomic mass is 10.2. The van der Waals surface area contributed by atoms with Crippen LogP contribution in [0.2, 0.25) is 0 Å². The Hall–Kier alpha value is -2.82. The number of rotatable bonds is 7. The number of halogens is 1. The molecule has 3 aromatic heterocycles. The van der Waals surface area contributed by atoms with Gasteiger partial charge >= 0.3 is 0 Å². The lowest BCUT2D eigenvalue weighted by Gasteiger charge is -2.09. The molecule has 152 valence electrons. The van der Waals surface area contributed by atoms with Crippen molar-refractivity contribution < 1.29 is 9.18 Å². The zero-order chi connectivity index (χ0) is 21.1. The Morgan fingerprint density at radius 1 is 1.23 bits per heavy atom. The van der Waals surface area contributed by atoms with Crippen molar-refractivity contribution in [3.63, 3.8) is 0 Å². The molecule has 30 heavy (non-hydrogen) atoms. The van der Waals surface area contributed by atoms with E-state index in [1.165, 1.54) is 51.1 Å². The van der Waals surface area contributed by atoms with Gasteiger partial charge in [-0.3, -0.25) is 14.2 Å². The number of hydrogen-bond acceptors (Lipinski definition) is 7. The molecule has 0 aliphatic heterocycles. The van der Waals surface area contributed by atoms with Gasteiger partial charge in [-0.05, 0) is 35.7 Å². The molecule has 1 N–H and O–H groups in total. The summed E-state index contributed by atoms with van der Waals surface area (Å²) in [6.07, 6.45) is 1.62. The van der Waals surface area contributed by atoms with Crippen LogP contribution >= 0.6 is 34.4 Å². The van der Waals surface area contributed by atoms with Crippen molar-refractivity contribution in [3.8, 4) is 11.3 Å². The Morgan fingerprint density at radius 3 is 2.80 bits per heavy atom. The zero-order valence-corrected chi connectivity index (χ0v) is 18.0. The Labute approximate surface area is 183 Å². The number of anilines is 1. The first-order chi connectivity index (χ1) is 14.5. The van der Waals surface area contributed by atoms with Gasteiger partial charge in [0, 0.05) is 17.5 Å². The third kappa shape index (κ3) is 4.35. The lowest BCUT2D eigenvalue weighted by molar-refractivity contribution is -0.113. The van der Waals surface area contributed by atoms with Gasteiger partial charge in [0.2, 0.25) is 5.91 Å². The molecule has 4 rings (SSSR count). The molecule has 0 atom stereocenters. The van der Waals surface area contributed by atoms with E-state index in [-0.39, 0.29) is 23.0 Å². The number of thioether (sulfide) groups is 1. The Bertz CT molecular complexity index is 1280. The number of nitrogens with zero attached hydrogens (tertiary/aromatic N) is 3. The third-order valence-electron chi connectivity index (χ3n) is 4.07. The number of carbonyl (C=O) groups is 1.